The Balaban J connectivity index is 0.869. The maximum Gasteiger partial charge on any atom is 0.312 e. The average molecular weight is 888 g/mol. The molecule has 9 rings (SSSR count). The molecule has 63 heavy (non-hydrogen) atoms. The number of aliphatic hydroxyl groups is 3. The first-order chi connectivity index (χ1) is 29.7. The largest absolute Gasteiger partial charge is 0.481 e. The first-order valence-electron chi connectivity index (χ1n) is 23.5. The Morgan fingerprint density at radius 3 is 2.38 bits per heavy atom. The van der Waals surface area contributed by atoms with Crippen molar-refractivity contribution in [2.24, 2.45) is 35.5 Å². The van der Waals surface area contributed by atoms with Crippen LogP contribution in [0.1, 0.15) is 112 Å². The lowest BCUT2D eigenvalue weighted by Crippen LogP contribution is -2.63. The number of carboxylic acids is 2. The summed E-state index contributed by atoms with van der Waals surface area (Å²) in [6, 6.07) is 0. The van der Waals surface area contributed by atoms with Gasteiger partial charge >= 0.3 is 11.9 Å². The van der Waals surface area contributed by atoms with E-state index >= 15 is 0 Å². The van der Waals surface area contributed by atoms with Crippen LogP contribution in [-0.2, 0) is 47.5 Å². The SMILES string of the molecule is C=C(C[C@@]12C[C@@H](C)C[C@@H](O1)[C@H]1O[C@]3(C[C@H]1O2)NC[C@H](C)C[C@@H]3C)[C@H]1O[C@@](O)([C@H](O)[C@@H]2C[C@H]3O[C@@]4(CC[C@]5(CC=C[C@@H](/C=C/C(O)CC(=O)O)O5)O4)[C@H](C)C[C@@H]3O2)[C@H](C(=O)O)C[C@@H]1C. The minimum absolute atomic E-state index is 0.0264. The van der Waals surface area contributed by atoms with Crippen LogP contribution in [0.5, 0.6) is 0 Å². The van der Waals surface area contributed by atoms with E-state index in [0.717, 1.165) is 19.4 Å². The minimum atomic E-state index is -2.52. The van der Waals surface area contributed by atoms with Crippen molar-refractivity contribution in [3.05, 3.63) is 36.5 Å². The van der Waals surface area contributed by atoms with Crippen LogP contribution < -0.4 is 5.32 Å². The van der Waals surface area contributed by atoms with E-state index in [0.29, 0.717) is 55.9 Å². The van der Waals surface area contributed by atoms with Gasteiger partial charge in [0.15, 0.2) is 17.4 Å². The standard InChI is InChI=1S/C47H69NO15/c1-24-15-35-40-37(22-45(61-40)28(5)14-25(2)23-48-45)59-44(20-24,58-35)21-27(4)39-26(3)16-32(42(53)54)47(55,62-39)41(52)36-19-34-33(56-36)17-29(6)46(60-34)13-12-43(63-46)11-7-8-31(57-43)10-9-30(49)18-38(50)51/h7-10,24-26,28-37,39-41,48-49,52,55H,4,11-23H2,1-3,5-6H3,(H,50,51)(H,53,54)/b10-9+/t24-,25+,26-,28-,29+,30?,31-,32-,33-,34+,35+,36-,37+,39-,40+,41+,43-,44-,45-,46+,47+/m0/s1. The molecule has 352 valence electrons. The van der Waals surface area contributed by atoms with E-state index in [2.05, 4.69) is 32.7 Å². The first-order valence-corrected chi connectivity index (χ1v) is 23.5. The monoisotopic (exact) mass is 887 g/mol. The number of piperidine rings is 1. The van der Waals surface area contributed by atoms with Gasteiger partial charge in [0, 0.05) is 57.4 Å². The molecule has 16 nitrogen and oxygen atoms in total. The lowest BCUT2D eigenvalue weighted by atomic mass is 9.75. The van der Waals surface area contributed by atoms with E-state index in [4.69, 9.17) is 43.0 Å². The molecule has 0 aromatic heterocycles. The predicted molar refractivity (Wildman–Crippen MR) is 222 cm³/mol. The number of aliphatic hydroxyl groups excluding tert-OH is 2. The molecule has 0 saturated carbocycles. The highest BCUT2D eigenvalue weighted by Crippen LogP contribution is 2.56. The summed E-state index contributed by atoms with van der Waals surface area (Å²) in [7, 11) is 0. The van der Waals surface area contributed by atoms with Crippen LogP contribution in [0.15, 0.2) is 36.5 Å². The summed E-state index contributed by atoms with van der Waals surface area (Å²) in [5.74, 6) is -8.78. The summed E-state index contributed by atoms with van der Waals surface area (Å²) in [5, 5.41) is 57.8. The maximum atomic E-state index is 12.9. The third kappa shape index (κ3) is 8.41. The summed E-state index contributed by atoms with van der Waals surface area (Å²) in [6.07, 6.45) is 5.30. The number of hydrogen-bond donors (Lipinski definition) is 6. The van der Waals surface area contributed by atoms with Gasteiger partial charge in [0.05, 0.1) is 55.3 Å². The Bertz CT molecular complexity index is 1830. The van der Waals surface area contributed by atoms with Crippen LogP contribution in [0, 0.1) is 35.5 Å². The third-order valence-corrected chi connectivity index (χ3v) is 16.0. The van der Waals surface area contributed by atoms with Crippen LogP contribution in [0.2, 0.25) is 0 Å². The lowest BCUT2D eigenvalue weighted by Gasteiger charge is -2.53. The van der Waals surface area contributed by atoms with Gasteiger partial charge < -0.3 is 63.4 Å². The molecule has 0 radical (unpaired) electrons. The molecule has 2 bridgehead atoms. The molecule has 8 saturated heterocycles. The Morgan fingerprint density at radius 2 is 1.63 bits per heavy atom. The van der Waals surface area contributed by atoms with Gasteiger partial charge in [-0.1, -0.05) is 65.5 Å². The van der Waals surface area contributed by atoms with E-state index in [1.54, 1.807) is 6.08 Å². The molecule has 9 aliphatic rings. The van der Waals surface area contributed by atoms with Crippen molar-refractivity contribution in [3.63, 3.8) is 0 Å². The second-order valence-electron chi connectivity index (χ2n) is 21.1. The van der Waals surface area contributed by atoms with Crippen molar-refractivity contribution < 1.29 is 73.0 Å². The maximum absolute atomic E-state index is 12.9. The summed E-state index contributed by atoms with van der Waals surface area (Å²) >= 11 is 0. The highest BCUT2D eigenvalue weighted by atomic mass is 16.8. The fourth-order valence-corrected chi connectivity index (χ4v) is 12.9. The zero-order valence-corrected chi connectivity index (χ0v) is 37.3. The van der Waals surface area contributed by atoms with Crippen LogP contribution >= 0.6 is 0 Å². The molecule has 9 heterocycles. The summed E-state index contributed by atoms with van der Waals surface area (Å²) in [5.41, 5.74) is 0.122. The fourth-order valence-electron chi connectivity index (χ4n) is 12.9. The number of rotatable bonds is 10. The molecule has 0 aliphatic carbocycles. The van der Waals surface area contributed by atoms with Gasteiger partial charge in [-0.2, -0.15) is 0 Å². The van der Waals surface area contributed by atoms with Gasteiger partial charge in [0.25, 0.3) is 0 Å². The number of ether oxygens (including phenoxy) is 8. The molecule has 8 fully saturated rings. The van der Waals surface area contributed by atoms with Gasteiger partial charge in [-0.15, -0.1) is 0 Å². The summed E-state index contributed by atoms with van der Waals surface area (Å²) in [4.78, 5) is 23.9. The number of nitrogens with one attached hydrogen (secondary N) is 1. The minimum Gasteiger partial charge on any atom is -0.481 e. The molecular formula is C47H69NO15. The van der Waals surface area contributed by atoms with Gasteiger partial charge in [-0.3, -0.25) is 14.9 Å². The number of fused-ring (bicyclic) bond motifs is 5. The molecular weight excluding hydrogens is 819 g/mol. The number of carboxylic acid groups (broad SMARTS) is 2. The van der Waals surface area contributed by atoms with Crippen LogP contribution in [0.4, 0.5) is 0 Å². The highest BCUT2D eigenvalue weighted by molar-refractivity contribution is 5.71. The van der Waals surface area contributed by atoms with E-state index < -0.39 is 95.9 Å². The normalized spacial score (nSPS) is 51.4. The predicted octanol–water partition coefficient (Wildman–Crippen LogP) is 4.29. The highest BCUT2D eigenvalue weighted by Gasteiger charge is 2.65. The van der Waals surface area contributed by atoms with Crippen molar-refractivity contribution in [2.45, 2.75) is 202 Å². The lowest BCUT2D eigenvalue weighted by molar-refractivity contribution is -0.367. The molecule has 16 heteroatoms. The van der Waals surface area contributed by atoms with Gasteiger partial charge in [0.2, 0.25) is 5.79 Å². The van der Waals surface area contributed by atoms with Crippen LogP contribution in [0.3, 0.4) is 0 Å². The third-order valence-electron chi connectivity index (χ3n) is 16.0. The van der Waals surface area contributed by atoms with Crippen molar-refractivity contribution in [1.29, 1.82) is 0 Å². The number of hydrogen-bond acceptors (Lipinski definition) is 14. The second-order valence-corrected chi connectivity index (χ2v) is 21.1. The van der Waals surface area contributed by atoms with Crippen LogP contribution in [-0.4, -0.2) is 134 Å². The molecule has 3 spiro atoms. The molecule has 0 amide bonds. The molecule has 9 aliphatic heterocycles. The fraction of sp³-hybridized carbons (Fsp3) is 0.830. The molecule has 0 aromatic rings. The van der Waals surface area contributed by atoms with Crippen molar-refractivity contribution >= 4 is 11.9 Å². The number of aliphatic carboxylic acids is 2. The van der Waals surface area contributed by atoms with E-state index in [9.17, 15) is 30.0 Å². The smallest absolute Gasteiger partial charge is 0.312 e. The topological polar surface area (TPSA) is 221 Å². The van der Waals surface area contributed by atoms with Crippen molar-refractivity contribution in [3.8, 4) is 0 Å². The van der Waals surface area contributed by atoms with E-state index in [1.807, 2.05) is 26.0 Å². The summed E-state index contributed by atoms with van der Waals surface area (Å²) < 4.78 is 53.4. The zero-order valence-electron chi connectivity index (χ0n) is 37.3. The summed E-state index contributed by atoms with van der Waals surface area (Å²) in [6.45, 7) is 15.9. The van der Waals surface area contributed by atoms with Gasteiger partial charge in [0.1, 0.15) is 23.9 Å². The Labute approximate surface area is 369 Å². The Hall–Kier alpha value is -2.32. The van der Waals surface area contributed by atoms with Gasteiger partial charge in [-0.25, -0.2) is 0 Å². The van der Waals surface area contributed by atoms with E-state index in [1.165, 1.54) is 6.08 Å². The molecule has 6 N–H and O–H groups in total. The van der Waals surface area contributed by atoms with Crippen LogP contribution in [0.25, 0.3) is 0 Å². The zero-order chi connectivity index (χ0) is 44.9. The molecule has 1 unspecified atom stereocenters. The Kier molecular flexibility index (Phi) is 12.2. The van der Waals surface area contributed by atoms with E-state index in [-0.39, 0.29) is 55.3 Å². The number of carbonyl (C=O) groups is 2. The average Bonchev–Trinajstić information content (AvgIpc) is 3.90. The molecule has 0 aromatic carbocycles. The van der Waals surface area contributed by atoms with Gasteiger partial charge in [-0.05, 0) is 54.9 Å². The molecule has 21 atom stereocenters. The van der Waals surface area contributed by atoms with Crippen molar-refractivity contribution in [2.75, 3.05) is 6.54 Å². The van der Waals surface area contributed by atoms with Crippen molar-refractivity contribution in [1.82, 2.24) is 5.32 Å². The quantitative estimate of drug-likeness (QED) is 0.169. The first kappa shape index (κ1) is 45.8. The Morgan fingerprint density at radius 1 is 0.857 bits per heavy atom. The second kappa shape index (κ2) is 16.8.